The average molecular weight is 479 g/mol. The summed E-state index contributed by atoms with van der Waals surface area (Å²) in [5.74, 6) is -0.0929. The van der Waals surface area contributed by atoms with E-state index >= 15 is 0 Å². The monoisotopic (exact) mass is 478 g/mol. The first-order valence-corrected chi connectivity index (χ1v) is 10.7. The number of hydrogen-bond donors (Lipinski definition) is 0. The van der Waals surface area contributed by atoms with Crippen molar-refractivity contribution in [2.24, 2.45) is 0 Å². The van der Waals surface area contributed by atoms with Gasteiger partial charge in [0.15, 0.2) is 11.5 Å². The first kappa shape index (κ1) is 21.7. The number of Topliss-reactive ketones (excluding diaryl/α,β-unsaturated/α-hetero) is 1. The molecule has 5 nitrogen and oxygen atoms in total. The fourth-order valence-corrected chi connectivity index (χ4v) is 4.91. The number of aryl methyl sites for hydroxylation is 1. The number of thiophene rings is 1. The number of methoxy groups -OCH3 is 1. The lowest BCUT2D eigenvalue weighted by atomic mass is 9.81. The normalized spacial score (nSPS) is 18.0. The standard InChI is InChI=1S/C22H23BrO5S/c1-12-7-8-13(16-10-14(23)11-29-16)9-15(12)17-18(24)21(2,3)28-22(4,5)19(17)27-20(25)26-6/h7-11H,1-6H3. The smallest absolute Gasteiger partial charge is 0.437 e. The lowest BCUT2D eigenvalue weighted by Gasteiger charge is -2.41. The number of benzene rings is 1. The SMILES string of the molecule is COC(=O)OC1=C(c2cc(-c3cc(Br)cs3)ccc2C)C(=O)C(C)(C)OC1(C)C. The molecule has 0 N–H and O–H groups in total. The van der Waals surface area contributed by atoms with Crippen molar-refractivity contribution >= 4 is 44.8 Å². The largest absolute Gasteiger partial charge is 0.513 e. The minimum atomic E-state index is -1.07. The van der Waals surface area contributed by atoms with Crippen LogP contribution in [0.4, 0.5) is 4.79 Å². The number of ether oxygens (including phenoxy) is 3. The van der Waals surface area contributed by atoms with Crippen molar-refractivity contribution in [1.82, 2.24) is 0 Å². The van der Waals surface area contributed by atoms with Crippen LogP contribution in [0.3, 0.4) is 0 Å². The second-order valence-corrected chi connectivity index (χ2v) is 9.70. The molecule has 0 saturated heterocycles. The number of halogens is 1. The summed E-state index contributed by atoms with van der Waals surface area (Å²) >= 11 is 5.08. The summed E-state index contributed by atoms with van der Waals surface area (Å²) in [5, 5.41) is 2.01. The Morgan fingerprint density at radius 3 is 2.41 bits per heavy atom. The van der Waals surface area contributed by atoms with Gasteiger partial charge in [-0.15, -0.1) is 11.3 Å². The van der Waals surface area contributed by atoms with E-state index in [4.69, 9.17) is 9.47 Å². The molecule has 1 aliphatic rings. The van der Waals surface area contributed by atoms with E-state index in [-0.39, 0.29) is 11.5 Å². The highest BCUT2D eigenvalue weighted by Gasteiger charge is 2.49. The summed E-state index contributed by atoms with van der Waals surface area (Å²) in [4.78, 5) is 26.4. The van der Waals surface area contributed by atoms with Crippen molar-refractivity contribution in [2.75, 3.05) is 7.11 Å². The number of ketones is 1. The highest BCUT2D eigenvalue weighted by molar-refractivity contribution is 9.10. The van der Waals surface area contributed by atoms with Crippen molar-refractivity contribution in [1.29, 1.82) is 0 Å². The van der Waals surface area contributed by atoms with Gasteiger partial charge in [-0.2, -0.15) is 0 Å². The van der Waals surface area contributed by atoms with Crippen LogP contribution in [0.1, 0.15) is 38.8 Å². The van der Waals surface area contributed by atoms with Gasteiger partial charge in [-0.05, 0) is 79.4 Å². The van der Waals surface area contributed by atoms with Gasteiger partial charge in [-0.1, -0.05) is 12.1 Å². The molecule has 0 amide bonds. The topological polar surface area (TPSA) is 61.8 Å². The Balaban J connectivity index is 2.27. The van der Waals surface area contributed by atoms with Gasteiger partial charge < -0.3 is 14.2 Å². The third kappa shape index (κ3) is 4.17. The van der Waals surface area contributed by atoms with Gasteiger partial charge in [-0.3, -0.25) is 4.79 Å². The lowest BCUT2D eigenvalue weighted by molar-refractivity contribution is -0.158. The van der Waals surface area contributed by atoms with E-state index < -0.39 is 17.4 Å². The molecule has 0 bridgehead atoms. The van der Waals surface area contributed by atoms with Crippen molar-refractivity contribution in [3.8, 4) is 10.4 Å². The van der Waals surface area contributed by atoms with Crippen LogP contribution in [-0.2, 0) is 19.0 Å². The van der Waals surface area contributed by atoms with Crippen LogP contribution < -0.4 is 0 Å². The Labute approximate surface area is 182 Å². The summed E-state index contributed by atoms with van der Waals surface area (Å²) in [6.07, 6.45) is -0.891. The van der Waals surface area contributed by atoms with Gasteiger partial charge in [0.05, 0.1) is 12.7 Å². The van der Waals surface area contributed by atoms with Crippen LogP contribution in [0.15, 0.2) is 39.9 Å². The third-order valence-electron chi connectivity index (χ3n) is 4.77. The summed E-state index contributed by atoms with van der Waals surface area (Å²) in [6.45, 7) is 8.92. The summed E-state index contributed by atoms with van der Waals surface area (Å²) in [5.41, 5.74) is 0.839. The summed E-state index contributed by atoms with van der Waals surface area (Å²) < 4.78 is 17.1. The van der Waals surface area contributed by atoms with Crippen LogP contribution in [-0.4, -0.2) is 30.3 Å². The Bertz CT molecular complexity index is 1020. The zero-order chi connectivity index (χ0) is 21.6. The predicted octanol–water partition coefficient (Wildman–Crippen LogP) is 6.14. The second-order valence-electron chi connectivity index (χ2n) is 7.87. The van der Waals surface area contributed by atoms with Gasteiger partial charge >= 0.3 is 6.16 Å². The summed E-state index contributed by atoms with van der Waals surface area (Å²) in [6, 6.07) is 7.96. The predicted molar refractivity (Wildman–Crippen MR) is 117 cm³/mol. The van der Waals surface area contributed by atoms with Crippen LogP contribution in [0.5, 0.6) is 0 Å². The maximum atomic E-state index is 13.4. The van der Waals surface area contributed by atoms with Crippen LogP contribution in [0, 0.1) is 6.92 Å². The van der Waals surface area contributed by atoms with E-state index in [1.54, 1.807) is 39.0 Å². The highest BCUT2D eigenvalue weighted by Crippen LogP contribution is 2.43. The fraction of sp³-hybridized carbons (Fsp3) is 0.364. The average Bonchev–Trinajstić information content (AvgIpc) is 3.06. The number of rotatable bonds is 3. The third-order valence-corrected chi connectivity index (χ3v) is 6.51. The highest BCUT2D eigenvalue weighted by atomic mass is 79.9. The molecule has 0 saturated carbocycles. The summed E-state index contributed by atoms with van der Waals surface area (Å²) in [7, 11) is 1.23. The maximum absolute atomic E-state index is 13.4. The molecule has 0 spiro atoms. The Hall–Kier alpha value is -1.96. The molecular weight excluding hydrogens is 456 g/mol. The lowest BCUT2D eigenvalue weighted by Crippen LogP contribution is -2.50. The molecular formula is C22H23BrO5S. The van der Waals surface area contributed by atoms with Crippen LogP contribution >= 0.6 is 27.3 Å². The van der Waals surface area contributed by atoms with Gasteiger partial charge in [-0.25, -0.2) is 4.79 Å². The maximum Gasteiger partial charge on any atom is 0.513 e. The molecule has 7 heteroatoms. The second kappa shape index (κ2) is 7.70. The first-order chi connectivity index (χ1) is 13.5. The van der Waals surface area contributed by atoms with Crippen molar-refractivity contribution in [3.05, 3.63) is 51.0 Å². The van der Waals surface area contributed by atoms with Crippen molar-refractivity contribution < 1.29 is 23.8 Å². The quantitative estimate of drug-likeness (QED) is 0.495. The molecule has 0 aliphatic carbocycles. The molecule has 0 unspecified atom stereocenters. The van der Waals surface area contributed by atoms with Gasteiger partial charge in [0.25, 0.3) is 0 Å². The fourth-order valence-electron chi connectivity index (χ4n) is 3.49. The van der Waals surface area contributed by atoms with E-state index in [1.807, 2.05) is 36.6 Å². The Morgan fingerprint density at radius 2 is 1.83 bits per heavy atom. The Morgan fingerprint density at radius 1 is 1.14 bits per heavy atom. The van der Waals surface area contributed by atoms with Gasteiger partial charge in [0.1, 0.15) is 11.2 Å². The van der Waals surface area contributed by atoms with Gasteiger partial charge in [0, 0.05) is 14.7 Å². The molecule has 0 radical (unpaired) electrons. The minimum absolute atomic E-state index is 0.154. The molecule has 3 rings (SSSR count). The van der Waals surface area contributed by atoms with E-state index in [0.29, 0.717) is 11.1 Å². The van der Waals surface area contributed by atoms with Crippen LogP contribution in [0.25, 0.3) is 16.0 Å². The molecule has 29 heavy (non-hydrogen) atoms. The van der Waals surface area contributed by atoms with Crippen LogP contribution in [0.2, 0.25) is 0 Å². The molecule has 2 heterocycles. The molecule has 0 fully saturated rings. The molecule has 1 aliphatic heterocycles. The first-order valence-electron chi connectivity index (χ1n) is 9.07. The van der Waals surface area contributed by atoms with Gasteiger partial charge in [0.2, 0.25) is 0 Å². The molecule has 1 aromatic heterocycles. The molecule has 1 aromatic carbocycles. The van der Waals surface area contributed by atoms with Crippen molar-refractivity contribution in [3.63, 3.8) is 0 Å². The van der Waals surface area contributed by atoms with E-state index in [9.17, 15) is 9.59 Å². The molecule has 0 atom stereocenters. The van der Waals surface area contributed by atoms with Crippen molar-refractivity contribution in [2.45, 2.75) is 45.8 Å². The number of carbonyl (C=O) groups is 2. The van der Waals surface area contributed by atoms with E-state index in [0.717, 1.165) is 20.5 Å². The molecule has 2 aromatic rings. The number of hydrogen-bond acceptors (Lipinski definition) is 6. The van der Waals surface area contributed by atoms with E-state index in [2.05, 4.69) is 20.7 Å². The zero-order valence-electron chi connectivity index (χ0n) is 17.2. The van der Waals surface area contributed by atoms with E-state index in [1.165, 1.54) is 7.11 Å². The number of carbonyl (C=O) groups excluding carboxylic acids is 2. The Kier molecular flexibility index (Phi) is 5.77. The zero-order valence-corrected chi connectivity index (χ0v) is 19.6. The minimum Gasteiger partial charge on any atom is -0.437 e. The molecule has 154 valence electrons.